The number of rotatable bonds is 4. The van der Waals surface area contributed by atoms with E-state index in [2.05, 4.69) is 41.9 Å². The number of carbonyl (C=O) groups excluding carboxylic acids is 1. The van der Waals surface area contributed by atoms with Gasteiger partial charge in [0.1, 0.15) is 18.2 Å². The van der Waals surface area contributed by atoms with Crippen molar-refractivity contribution >= 4 is 65.8 Å². The number of ether oxygens (including phenoxy) is 1. The van der Waals surface area contributed by atoms with Crippen molar-refractivity contribution < 1.29 is 9.53 Å². The molecule has 10 heteroatoms. The topological polar surface area (TPSA) is 99.6 Å². The Hall–Kier alpha value is -2.56. The second-order valence-electron chi connectivity index (χ2n) is 6.42. The minimum Gasteiger partial charge on any atom is -0.486 e. The highest BCUT2D eigenvalue weighted by atomic mass is 79.9. The third kappa shape index (κ3) is 4.03. The fourth-order valence-corrected chi connectivity index (χ4v) is 4.83. The molecule has 0 atom stereocenters. The smallest absolute Gasteiger partial charge is 0.283 e. The van der Waals surface area contributed by atoms with Crippen LogP contribution in [0.25, 0.3) is 11.0 Å². The molecule has 0 amide bonds. The van der Waals surface area contributed by atoms with E-state index in [1.807, 2.05) is 31.2 Å². The molecule has 0 saturated heterocycles. The van der Waals surface area contributed by atoms with Crippen LogP contribution in [0.1, 0.15) is 16.1 Å². The fraction of sp³-hybridized carbons (Fsp3) is 0.100. The van der Waals surface area contributed by atoms with E-state index in [0.717, 1.165) is 11.3 Å². The molecule has 2 aromatic heterocycles. The average molecular weight is 550 g/mol. The molecule has 1 aliphatic carbocycles. The number of nitrogens with two attached hydrogens (primary N) is 1. The zero-order valence-corrected chi connectivity index (χ0v) is 19.5. The number of ketones is 1. The van der Waals surface area contributed by atoms with Gasteiger partial charge in [0.25, 0.3) is 5.56 Å². The van der Waals surface area contributed by atoms with Crippen molar-refractivity contribution in [3.8, 4) is 5.75 Å². The summed E-state index contributed by atoms with van der Waals surface area (Å²) >= 11 is 7.67. The first-order valence-electron chi connectivity index (χ1n) is 8.71. The summed E-state index contributed by atoms with van der Waals surface area (Å²) in [5, 5.41) is 5.08. The number of aromatic nitrogens is 3. The molecule has 0 unspecified atom stereocenters. The first-order chi connectivity index (χ1) is 14.3. The molecule has 3 aromatic rings. The van der Waals surface area contributed by atoms with Crippen molar-refractivity contribution in [3.05, 3.63) is 77.4 Å². The number of nitrogens with zero attached hydrogens (tertiary/aromatic N) is 3. The lowest BCUT2D eigenvalue weighted by Gasteiger charge is -2.08. The van der Waals surface area contributed by atoms with E-state index in [9.17, 15) is 9.59 Å². The van der Waals surface area contributed by atoms with Crippen LogP contribution in [0.5, 0.6) is 5.75 Å². The number of benzene rings is 1. The summed E-state index contributed by atoms with van der Waals surface area (Å²) in [5.74, 6) is 0.754. The Labute approximate surface area is 191 Å². The standard InChI is InChI=1S/C20H14Br2N4O3S/c1-10-4-2-3-5-15(10)29-9-16-25-26-18(23)12(19(28)24-20(26)30-16)6-11-7-13(21)17(27)14(22)8-11/h2-8H,9,23H2,1H3. The van der Waals surface area contributed by atoms with E-state index in [1.165, 1.54) is 15.9 Å². The molecule has 0 bridgehead atoms. The van der Waals surface area contributed by atoms with Crippen LogP contribution in [0.3, 0.4) is 0 Å². The van der Waals surface area contributed by atoms with Gasteiger partial charge in [-0.3, -0.25) is 9.59 Å². The van der Waals surface area contributed by atoms with Crippen LogP contribution >= 0.6 is 43.2 Å². The Kier molecular flexibility index (Phi) is 5.72. The van der Waals surface area contributed by atoms with Gasteiger partial charge < -0.3 is 10.5 Å². The monoisotopic (exact) mass is 548 g/mol. The zero-order chi connectivity index (χ0) is 21.4. The van der Waals surface area contributed by atoms with Crippen molar-refractivity contribution in [3.63, 3.8) is 0 Å². The molecule has 0 fully saturated rings. The van der Waals surface area contributed by atoms with Crippen molar-refractivity contribution in [2.24, 2.45) is 0 Å². The Bertz CT molecular complexity index is 1310. The lowest BCUT2D eigenvalue weighted by Crippen LogP contribution is -2.17. The van der Waals surface area contributed by atoms with Crippen LogP contribution in [0, 0.1) is 6.92 Å². The van der Waals surface area contributed by atoms with Gasteiger partial charge in [0.2, 0.25) is 10.7 Å². The van der Waals surface area contributed by atoms with E-state index < -0.39 is 5.56 Å². The molecule has 1 aromatic carbocycles. The molecule has 1 aliphatic rings. The third-order valence-electron chi connectivity index (χ3n) is 4.31. The largest absolute Gasteiger partial charge is 0.486 e. The van der Waals surface area contributed by atoms with Crippen LogP contribution in [0.4, 0.5) is 5.82 Å². The predicted molar refractivity (Wildman–Crippen MR) is 124 cm³/mol. The second kappa shape index (κ2) is 8.29. The SMILES string of the molecule is Cc1ccccc1OCc1nn2c(N)c(C=C3C=C(Br)C(=O)C(Br)=C3)c(=O)nc2s1. The van der Waals surface area contributed by atoms with Crippen molar-refractivity contribution in [2.75, 3.05) is 5.73 Å². The van der Waals surface area contributed by atoms with Gasteiger partial charge in [0.15, 0.2) is 5.01 Å². The lowest BCUT2D eigenvalue weighted by atomic mass is 10.1. The summed E-state index contributed by atoms with van der Waals surface area (Å²) in [4.78, 5) is 28.9. The molecule has 2 heterocycles. The molecule has 7 nitrogen and oxygen atoms in total. The number of allylic oxidation sites excluding steroid dienone is 5. The molecule has 152 valence electrons. The molecule has 2 N–H and O–H groups in total. The number of fused-ring (bicyclic) bond motifs is 1. The highest BCUT2D eigenvalue weighted by Crippen LogP contribution is 2.28. The number of hydrogen-bond acceptors (Lipinski definition) is 7. The van der Waals surface area contributed by atoms with Crippen LogP contribution in [0.15, 0.2) is 55.7 Å². The first kappa shape index (κ1) is 20.7. The molecule has 0 spiro atoms. The van der Waals surface area contributed by atoms with Crippen LogP contribution in [-0.4, -0.2) is 20.4 Å². The van der Waals surface area contributed by atoms with Crippen LogP contribution < -0.4 is 16.0 Å². The predicted octanol–water partition coefficient (Wildman–Crippen LogP) is 4.14. The van der Waals surface area contributed by atoms with Gasteiger partial charge in [-0.25, -0.2) is 0 Å². The van der Waals surface area contributed by atoms with Crippen molar-refractivity contribution in [1.29, 1.82) is 0 Å². The van der Waals surface area contributed by atoms with E-state index in [4.69, 9.17) is 10.5 Å². The zero-order valence-electron chi connectivity index (χ0n) is 15.6. The number of nitrogen functional groups attached to an aromatic ring is 1. The Morgan fingerprint density at radius 1 is 1.20 bits per heavy atom. The highest BCUT2D eigenvalue weighted by molar-refractivity contribution is 9.13. The number of halogens is 2. The molecular weight excluding hydrogens is 536 g/mol. The summed E-state index contributed by atoms with van der Waals surface area (Å²) in [7, 11) is 0. The van der Waals surface area contributed by atoms with Crippen molar-refractivity contribution in [2.45, 2.75) is 13.5 Å². The molecular formula is C20H14Br2N4O3S. The van der Waals surface area contributed by atoms with Crippen LogP contribution in [0.2, 0.25) is 0 Å². The molecule has 0 aliphatic heterocycles. The van der Waals surface area contributed by atoms with Gasteiger partial charge in [0, 0.05) is 0 Å². The Morgan fingerprint density at radius 3 is 2.60 bits per heavy atom. The Morgan fingerprint density at radius 2 is 1.90 bits per heavy atom. The van der Waals surface area contributed by atoms with Gasteiger partial charge in [-0.2, -0.15) is 14.6 Å². The normalized spacial score (nSPS) is 14.0. The molecule has 30 heavy (non-hydrogen) atoms. The number of anilines is 1. The van der Waals surface area contributed by atoms with E-state index in [-0.39, 0.29) is 23.8 Å². The minimum atomic E-state index is -0.471. The summed E-state index contributed by atoms with van der Waals surface area (Å²) in [6, 6.07) is 7.69. The third-order valence-corrected chi connectivity index (χ3v) is 6.37. The van der Waals surface area contributed by atoms with E-state index in [1.54, 1.807) is 18.2 Å². The van der Waals surface area contributed by atoms with Crippen molar-refractivity contribution in [1.82, 2.24) is 14.6 Å². The maximum atomic E-state index is 12.6. The number of hydrogen-bond donors (Lipinski definition) is 1. The van der Waals surface area contributed by atoms with Gasteiger partial charge >= 0.3 is 0 Å². The summed E-state index contributed by atoms with van der Waals surface area (Å²) in [6.07, 6.45) is 4.81. The van der Waals surface area contributed by atoms with Gasteiger partial charge in [-0.15, -0.1) is 0 Å². The fourth-order valence-electron chi connectivity index (χ4n) is 2.80. The lowest BCUT2D eigenvalue weighted by molar-refractivity contribution is -0.110. The number of para-hydroxylation sites is 1. The average Bonchev–Trinajstić information content (AvgIpc) is 3.11. The van der Waals surface area contributed by atoms with Gasteiger partial charge in [0.05, 0.1) is 14.5 Å². The van der Waals surface area contributed by atoms with Crippen LogP contribution in [-0.2, 0) is 11.4 Å². The highest BCUT2D eigenvalue weighted by Gasteiger charge is 2.18. The van der Waals surface area contributed by atoms with E-state index >= 15 is 0 Å². The quantitative estimate of drug-likeness (QED) is 0.525. The van der Waals surface area contributed by atoms with Gasteiger partial charge in [-0.1, -0.05) is 29.5 Å². The van der Waals surface area contributed by atoms with Gasteiger partial charge in [-0.05, 0) is 74.2 Å². The maximum Gasteiger partial charge on any atom is 0.283 e. The summed E-state index contributed by atoms with van der Waals surface area (Å²) < 4.78 is 8.01. The number of aryl methyl sites for hydroxylation is 1. The van der Waals surface area contributed by atoms with E-state index in [0.29, 0.717) is 24.5 Å². The summed E-state index contributed by atoms with van der Waals surface area (Å²) in [6.45, 7) is 2.19. The number of Topliss-reactive ketones (excluding diaryl/α,β-unsaturated/α-hetero) is 1. The second-order valence-corrected chi connectivity index (χ2v) is 9.17. The Balaban J connectivity index is 1.69. The maximum absolute atomic E-state index is 12.6. The molecule has 0 radical (unpaired) electrons. The first-order valence-corrected chi connectivity index (χ1v) is 11.1. The number of carbonyl (C=O) groups is 1. The molecule has 0 saturated carbocycles. The molecule has 4 rings (SSSR count). The minimum absolute atomic E-state index is 0.168. The summed E-state index contributed by atoms with van der Waals surface area (Å²) in [5.41, 5.74) is 7.59.